The van der Waals surface area contributed by atoms with Gasteiger partial charge in [0.1, 0.15) is 5.82 Å². The third kappa shape index (κ3) is 5.64. The summed E-state index contributed by atoms with van der Waals surface area (Å²) in [7, 11) is 0. The summed E-state index contributed by atoms with van der Waals surface area (Å²) in [6, 6.07) is 22.1. The van der Waals surface area contributed by atoms with Crippen molar-refractivity contribution in [1.82, 2.24) is 5.32 Å². The summed E-state index contributed by atoms with van der Waals surface area (Å²) in [6.07, 6.45) is 3.23. The Balaban J connectivity index is 1.55. The highest BCUT2D eigenvalue weighted by molar-refractivity contribution is 6.04. The molecule has 0 heterocycles. The highest BCUT2D eigenvalue weighted by Gasteiger charge is 2.07. The SMILES string of the molecule is O=C(/C=C/c1ccccc1)NCc1cccc(NC(=O)c2ccc(F)cc2)c1. The van der Waals surface area contributed by atoms with Gasteiger partial charge in [-0.2, -0.15) is 0 Å². The Morgan fingerprint density at radius 1 is 0.893 bits per heavy atom. The Morgan fingerprint density at radius 3 is 2.39 bits per heavy atom. The molecule has 0 aromatic heterocycles. The summed E-state index contributed by atoms with van der Waals surface area (Å²) >= 11 is 0. The van der Waals surface area contributed by atoms with Crippen LogP contribution in [0.5, 0.6) is 0 Å². The predicted molar refractivity (Wildman–Crippen MR) is 108 cm³/mol. The molecule has 2 N–H and O–H groups in total. The number of amides is 2. The van der Waals surface area contributed by atoms with Crippen LogP contribution in [0.3, 0.4) is 0 Å². The number of carbonyl (C=O) groups is 2. The number of hydrogen-bond acceptors (Lipinski definition) is 2. The van der Waals surface area contributed by atoms with Gasteiger partial charge in [-0.25, -0.2) is 4.39 Å². The molecule has 2 amide bonds. The van der Waals surface area contributed by atoms with Crippen LogP contribution in [0.15, 0.2) is 84.9 Å². The first-order chi connectivity index (χ1) is 13.6. The standard InChI is InChI=1S/C23H19FN2O2/c24-20-12-10-19(11-13-20)23(28)26-21-8-4-7-18(15-21)16-25-22(27)14-9-17-5-2-1-3-6-17/h1-15H,16H2,(H,25,27)(H,26,28)/b14-9+. The molecule has 0 aliphatic rings. The summed E-state index contributed by atoms with van der Waals surface area (Å²) in [5.74, 6) is -0.924. The molecular weight excluding hydrogens is 355 g/mol. The maximum Gasteiger partial charge on any atom is 0.255 e. The molecule has 0 fully saturated rings. The van der Waals surface area contributed by atoms with E-state index in [1.165, 1.54) is 30.3 Å². The smallest absolute Gasteiger partial charge is 0.255 e. The van der Waals surface area contributed by atoms with E-state index in [9.17, 15) is 14.0 Å². The van der Waals surface area contributed by atoms with E-state index < -0.39 is 5.82 Å². The van der Waals surface area contributed by atoms with Crippen LogP contribution in [-0.2, 0) is 11.3 Å². The van der Waals surface area contributed by atoms with Crippen LogP contribution >= 0.6 is 0 Å². The van der Waals surface area contributed by atoms with E-state index >= 15 is 0 Å². The summed E-state index contributed by atoms with van der Waals surface area (Å²) in [5.41, 5.74) is 2.76. The van der Waals surface area contributed by atoms with Crippen molar-refractivity contribution in [2.24, 2.45) is 0 Å². The fourth-order valence-corrected chi connectivity index (χ4v) is 2.55. The maximum absolute atomic E-state index is 13.0. The van der Waals surface area contributed by atoms with Crippen molar-refractivity contribution in [1.29, 1.82) is 0 Å². The van der Waals surface area contributed by atoms with Crippen molar-refractivity contribution in [2.45, 2.75) is 6.54 Å². The number of hydrogen-bond donors (Lipinski definition) is 2. The molecule has 0 aliphatic carbocycles. The van der Waals surface area contributed by atoms with E-state index in [1.807, 2.05) is 36.4 Å². The third-order valence-corrected chi connectivity index (χ3v) is 3.98. The van der Waals surface area contributed by atoms with Gasteiger partial charge in [0.15, 0.2) is 0 Å². The van der Waals surface area contributed by atoms with Gasteiger partial charge in [0.05, 0.1) is 0 Å². The van der Waals surface area contributed by atoms with Crippen LogP contribution < -0.4 is 10.6 Å². The summed E-state index contributed by atoms with van der Waals surface area (Å²) < 4.78 is 13.0. The molecule has 5 heteroatoms. The third-order valence-electron chi connectivity index (χ3n) is 3.98. The number of carbonyl (C=O) groups excluding carboxylic acids is 2. The van der Waals surface area contributed by atoms with Gasteiger partial charge in [-0.15, -0.1) is 0 Å². The van der Waals surface area contributed by atoms with Gasteiger partial charge in [0.2, 0.25) is 5.91 Å². The van der Waals surface area contributed by atoms with Crippen molar-refractivity contribution in [3.05, 3.63) is 107 Å². The molecule has 0 aliphatic heterocycles. The van der Waals surface area contributed by atoms with Gasteiger partial charge in [-0.3, -0.25) is 9.59 Å². The van der Waals surface area contributed by atoms with Crippen molar-refractivity contribution in [3.63, 3.8) is 0 Å². The lowest BCUT2D eigenvalue weighted by Crippen LogP contribution is -2.20. The molecular formula is C23H19FN2O2. The second kappa shape index (κ2) is 9.28. The van der Waals surface area contributed by atoms with Crippen molar-refractivity contribution in [3.8, 4) is 0 Å². The first-order valence-corrected chi connectivity index (χ1v) is 8.77. The number of benzene rings is 3. The molecule has 0 radical (unpaired) electrons. The first kappa shape index (κ1) is 19.0. The minimum atomic E-state index is -0.393. The summed E-state index contributed by atoms with van der Waals surface area (Å²) in [4.78, 5) is 24.2. The minimum Gasteiger partial charge on any atom is -0.348 e. The van der Waals surface area contributed by atoms with Gasteiger partial charge in [0.25, 0.3) is 5.91 Å². The Kier molecular flexibility index (Phi) is 6.31. The molecule has 0 saturated heterocycles. The average molecular weight is 374 g/mol. The molecule has 3 aromatic rings. The zero-order chi connectivity index (χ0) is 19.8. The van der Waals surface area contributed by atoms with E-state index in [0.29, 0.717) is 17.8 Å². The Bertz CT molecular complexity index is 983. The first-order valence-electron chi connectivity index (χ1n) is 8.77. The van der Waals surface area contributed by atoms with E-state index in [-0.39, 0.29) is 11.8 Å². The lowest BCUT2D eigenvalue weighted by molar-refractivity contribution is -0.116. The topological polar surface area (TPSA) is 58.2 Å². The van der Waals surface area contributed by atoms with Crippen molar-refractivity contribution in [2.75, 3.05) is 5.32 Å². The van der Waals surface area contributed by atoms with Crippen LogP contribution in [0, 0.1) is 5.82 Å². The van der Waals surface area contributed by atoms with E-state index in [4.69, 9.17) is 0 Å². The molecule has 3 aromatic carbocycles. The fraction of sp³-hybridized carbons (Fsp3) is 0.0435. The molecule has 4 nitrogen and oxygen atoms in total. The number of anilines is 1. The van der Waals surface area contributed by atoms with Crippen LogP contribution in [0.1, 0.15) is 21.5 Å². The molecule has 0 bridgehead atoms. The summed E-state index contributed by atoms with van der Waals surface area (Å²) in [5, 5.41) is 5.57. The zero-order valence-corrected chi connectivity index (χ0v) is 15.1. The van der Waals surface area contributed by atoms with Gasteiger partial charge in [-0.05, 0) is 53.6 Å². The fourth-order valence-electron chi connectivity index (χ4n) is 2.55. The van der Waals surface area contributed by atoms with Crippen molar-refractivity contribution < 1.29 is 14.0 Å². The maximum atomic E-state index is 13.0. The Labute approximate surface area is 162 Å². The highest BCUT2D eigenvalue weighted by Crippen LogP contribution is 2.13. The quantitative estimate of drug-likeness (QED) is 0.628. The zero-order valence-electron chi connectivity index (χ0n) is 15.1. The summed E-state index contributed by atoms with van der Waals surface area (Å²) in [6.45, 7) is 0.332. The minimum absolute atomic E-state index is 0.204. The monoisotopic (exact) mass is 374 g/mol. The van der Waals surface area contributed by atoms with Gasteiger partial charge in [0, 0.05) is 23.9 Å². The second-order valence-electron chi connectivity index (χ2n) is 6.12. The van der Waals surface area contributed by atoms with E-state index in [2.05, 4.69) is 10.6 Å². The molecule has 0 saturated carbocycles. The Hall–Kier alpha value is -3.73. The van der Waals surface area contributed by atoms with Gasteiger partial charge < -0.3 is 10.6 Å². The molecule has 0 spiro atoms. The van der Waals surface area contributed by atoms with Gasteiger partial charge in [-0.1, -0.05) is 42.5 Å². The lowest BCUT2D eigenvalue weighted by atomic mass is 10.1. The molecule has 28 heavy (non-hydrogen) atoms. The largest absolute Gasteiger partial charge is 0.348 e. The van der Waals surface area contributed by atoms with Crippen LogP contribution in [0.2, 0.25) is 0 Å². The van der Waals surface area contributed by atoms with Gasteiger partial charge >= 0.3 is 0 Å². The molecule has 140 valence electrons. The average Bonchev–Trinajstić information content (AvgIpc) is 2.72. The molecule has 3 rings (SSSR count). The normalized spacial score (nSPS) is 10.6. The molecule has 0 unspecified atom stereocenters. The van der Waals surface area contributed by atoms with Crippen molar-refractivity contribution >= 4 is 23.6 Å². The number of rotatable bonds is 6. The highest BCUT2D eigenvalue weighted by atomic mass is 19.1. The van der Waals surface area contributed by atoms with E-state index in [1.54, 1.807) is 24.3 Å². The predicted octanol–water partition coefficient (Wildman–Crippen LogP) is 4.41. The van der Waals surface area contributed by atoms with Crippen LogP contribution in [0.4, 0.5) is 10.1 Å². The van der Waals surface area contributed by atoms with Crippen LogP contribution in [0.25, 0.3) is 6.08 Å². The number of nitrogens with one attached hydrogen (secondary N) is 2. The number of halogens is 1. The molecule has 0 atom stereocenters. The second-order valence-corrected chi connectivity index (χ2v) is 6.12. The van der Waals surface area contributed by atoms with Crippen LogP contribution in [-0.4, -0.2) is 11.8 Å². The Morgan fingerprint density at radius 2 is 1.64 bits per heavy atom. The lowest BCUT2D eigenvalue weighted by Gasteiger charge is -2.08. The van der Waals surface area contributed by atoms with E-state index in [0.717, 1.165) is 11.1 Å².